The van der Waals surface area contributed by atoms with Gasteiger partial charge in [-0.1, -0.05) is 31.2 Å². The van der Waals surface area contributed by atoms with Gasteiger partial charge in [0, 0.05) is 26.3 Å². The van der Waals surface area contributed by atoms with E-state index in [4.69, 9.17) is 9.47 Å². The summed E-state index contributed by atoms with van der Waals surface area (Å²) in [5, 5.41) is 3.54. The van der Waals surface area contributed by atoms with Crippen LogP contribution in [0.1, 0.15) is 30.9 Å². The number of hydrogen-bond donors (Lipinski definition) is 1. The first-order chi connectivity index (χ1) is 10.1. The van der Waals surface area contributed by atoms with Gasteiger partial charge in [0.1, 0.15) is 0 Å². The number of carbonyl (C=O) groups excluding carboxylic acids is 1. The molecule has 1 aliphatic heterocycles. The second-order valence-corrected chi connectivity index (χ2v) is 6.05. The summed E-state index contributed by atoms with van der Waals surface area (Å²) in [7, 11) is 1.43. The third-order valence-corrected chi connectivity index (χ3v) is 4.25. The topological polar surface area (TPSA) is 47.6 Å². The van der Waals surface area contributed by atoms with Gasteiger partial charge >= 0.3 is 5.97 Å². The first-order valence-corrected chi connectivity index (χ1v) is 7.55. The van der Waals surface area contributed by atoms with Crippen LogP contribution in [0.15, 0.2) is 24.3 Å². The molecule has 21 heavy (non-hydrogen) atoms. The van der Waals surface area contributed by atoms with Crippen LogP contribution in [0, 0.1) is 5.41 Å². The number of benzene rings is 1. The van der Waals surface area contributed by atoms with Crippen LogP contribution in [0.4, 0.5) is 0 Å². The molecule has 1 saturated heterocycles. The highest BCUT2D eigenvalue weighted by Crippen LogP contribution is 2.28. The Kier molecular flexibility index (Phi) is 5.76. The maximum Gasteiger partial charge on any atom is 0.309 e. The zero-order valence-electron chi connectivity index (χ0n) is 13.0. The monoisotopic (exact) mass is 291 g/mol. The molecule has 1 N–H and O–H groups in total. The fourth-order valence-corrected chi connectivity index (χ4v) is 2.67. The Morgan fingerprint density at radius 2 is 1.95 bits per heavy atom. The van der Waals surface area contributed by atoms with E-state index >= 15 is 0 Å². The van der Waals surface area contributed by atoms with Crippen LogP contribution < -0.4 is 5.32 Å². The van der Waals surface area contributed by atoms with Crippen molar-refractivity contribution in [3.8, 4) is 0 Å². The molecule has 2 rings (SSSR count). The Labute approximate surface area is 126 Å². The van der Waals surface area contributed by atoms with Crippen LogP contribution in [0.5, 0.6) is 0 Å². The molecule has 0 aliphatic carbocycles. The lowest BCUT2D eigenvalue weighted by Crippen LogP contribution is -2.36. The number of esters is 1. The molecule has 0 radical (unpaired) electrons. The molecule has 1 aliphatic rings. The summed E-state index contributed by atoms with van der Waals surface area (Å²) in [5.74, 6) is -0.196. The Morgan fingerprint density at radius 1 is 1.29 bits per heavy atom. The minimum absolute atomic E-state index is 0.196. The second-order valence-electron chi connectivity index (χ2n) is 6.05. The molecule has 116 valence electrons. The fraction of sp³-hybridized carbons (Fsp3) is 0.588. The quantitative estimate of drug-likeness (QED) is 0.817. The van der Waals surface area contributed by atoms with Crippen molar-refractivity contribution in [1.29, 1.82) is 0 Å². The third kappa shape index (κ3) is 4.83. The smallest absolute Gasteiger partial charge is 0.309 e. The molecule has 1 fully saturated rings. The molecule has 0 amide bonds. The molecule has 0 bridgehead atoms. The van der Waals surface area contributed by atoms with E-state index in [0.29, 0.717) is 11.8 Å². The van der Waals surface area contributed by atoms with Gasteiger partial charge in [-0.3, -0.25) is 4.79 Å². The van der Waals surface area contributed by atoms with Gasteiger partial charge in [-0.05, 0) is 29.4 Å². The van der Waals surface area contributed by atoms with Gasteiger partial charge < -0.3 is 14.8 Å². The lowest BCUT2D eigenvalue weighted by Gasteiger charge is -2.33. The minimum Gasteiger partial charge on any atom is -0.469 e. The molecule has 1 heterocycles. The Hall–Kier alpha value is -1.39. The molecule has 1 aromatic carbocycles. The highest BCUT2D eigenvalue weighted by Gasteiger charge is 2.26. The molecule has 0 aromatic heterocycles. The van der Waals surface area contributed by atoms with Crippen molar-refractivity contribution in [1.82, 2.24) is 5.32 Å². The predicted octanol–water partition coefficient (Wildman–Crippen LogP) is 2.31. The lowest BCUT2D eigenvalue weighted by molar-refractivity contribution is -0.139. The third-order valence-electron chi connectivity index (χ3n) is 4.25. The molecular weight excluding hydrogens is 266 g/mol. The number of hydrogen-bond acceptors (Lipinski definition) is 4. The number of carbonyl (C=O) groups is 1. The fourth-order valence-electron chi connectivity index (χ4n) is 2.67. The summed E-state index contributed by atoms with van der Waals surface area (Å²) in [6, 6.07) is 8.02. The van der Waals surface area contributed by atoms with Crippen molar-refractivity contribution in [2.24, 2.45) is 5.41 Å². The van der Waals surface area contributed by atoms with Crippen LogP contribution in [-0.2, 0) is 27.2 Å². The van der Waals surface area contributed by atoms with Crippen LogP contribution in [0.2, 0.25) is 0 Å². The molecule has 1 aromatic rings. The van der Waals surface area contributed by atoms with Crippen molar-refractivity contribution < 1.29 is 14.3 Å². The van der Waals surface area contributed by atoms with Gasteiger partial charge in [0.15, 0.2) is 0 Å². The van der Waals surface area contributed by atoms with E-state index in [1.807, 2.05) is 18.2 Å². The van der Waals surface area contributed by atoms with Crippen LogP contribution in [-0.4, -0.2) is 32.8 Å². The highest BCUT2D eigenvalue weighted by atomic mass is 16.5. The van der Waals surface area contributed by atoms with Crippen molar-refractivity contribution in [2.45, 2.75) is 32.7 Å². The maximum atomic E-state index is 11.4. The summed E-state index contributed by atoms with van der Waals surface area (Å²) in [4.78, 5) is 11.4. The molecule has 0 unspecified atom stereocenters. The van der Waals surface area contributed by atoms with Crippen molar-refractivity contribution >= 4 is 5.97 Å². The Morgan fingerprint density at radius 3 is 2.62 bits per heavy atom. The first kappa shape index (κ1) is 16.0. The number of rotatable bonds is 6. The van der Waals surface area contributed by atoms with Gasteiger partial charge in [-0.25, -0.2) is 0 Å². The molecule has 0 saturated carbocycles. The van der Waals surface area contributed by atoms with Gasteiger partial charge in [0.05, 0.1) is 13.5 Å². The van der Waals surface area contributed by atoms with E-state index < -0.39 is 0 Å². The molecule has 0 atom stereocenters. The first-order valence-electron chi connectivity index (χ1n) is 7.55. The van der Waals surface area contributed by atoms with Gasteiger partial charge in [-0.2, -0.15) is 0 Å². The average molecular weight is 291 g/mol. The normalized spacial score (nSPS) is 17.4. The molecular formula is C17H25NO3. The standard InChI is InChI=1S/C17H25NO3/c1-17(7-9-21-10-8-17)13-18-12-15-6-4-3-5-14(15)11-16(19)20-2/h3-6,18H,7-13H2,1-2H3. The largest absolute Gasteiger partial charge is 0.469 e. The van der Waals surface area contributed by atoms with Crippen molar-refractivity contribution in [3.63, 3.8) is 0 Å². The van der Waals surface area contributed by atoms with E-state index in [0.717, 1.165) is 44.7 Å². The maximum absolute atomic E-state index is 11.4. The minimum atomic E-state index is -0.196. The molecule has 0 spiro atoms. The van der Waals surface area contributed by atoms with E-state index in [2.05, 4.69) is 18.3 Å². The van der Waals surface area contributed by atoms with Crippen molar-refractivity contribution in [3.05, 3.63) is 35.4 Å². The summed E-state index contributed by atoms with van der Waals surface area (Å²) in [6.45, 7) is 5.78. The SMILES string of the molecule is COC(=O)Cc1ccccc1CNCC1(C)CCOCC1. The summed E-state index contributed by atoms with van der Waals surface area (Å²) >= 11 is 0. The van der Waals surface area contributed by atoms with E-state index in [1.165, 1.54) is 12.7 Å². The van der Waals surface area contributed by atoms with E-state index in [-0.39, 0.29) is 5.97 Å². The predicted molar refractivity (Wildman–Crippen MR) is 82.0 cm³/mol. The Bertz CT molecular complexity index is 467. The van der Waals surface area contributed by atoms with Crippen molar-refractivity contribution in [2.75, 3.05) is 26.9 Å². The molecule has 4 nitrogen and oxygen atoms in total. The average Bonchev–Trinajstić information content (AvgIpc) is 2.49. The van der Waals surface area contributed by atoms with E-state index in [1.54, 1.807) is 0 Å². The van der Waals surface area contributed by atoms with Crippen LogP contribution in [0.25, 0.3) is 0 Å². The highest BCUT2D eigenvalue weighted by molar-refractivity contribution is 5.72. The van der Waals surface area contributed by atoms with E-state index in [9.17, 15) is 4.79 Å². The second kappa shape index (κ2) is 7.57. The summed E-state index contributed by atoms with van der Waals surface area (Å²) in [5.41, 5.74) is 2.52. The number of methoxy groups -OCH3 is 1. The zero-order valence-corrected chi connectivity index (χ0v) is 13.0. The van der Waals surface area contributed by atoms with Gasteiger partial charge in [0.25, 0.3) is 0 Å². The zero-order chi connectivity index (χ0) is 15.1. The number of nitrogens with one attached hydrogen (secondary N) is 1. The van der Waals surface area contributed by atoms with Crippen LogP contribution in [0.3, 0.4) is 0 Å². The van der Waals surface area contributed by atoms with Crippen LogP contribution >= 0.6 is 0 Å². The Balaban J connectivity index is 1.89. The van der Waals surface area contributed by atoms with Gasteiger partial charge in [-0.15, -0.1) is 0 Å². The summed E-state index contributed by atoms with van der Waals surface area (Å²) in [6.07, 6.45) is 2.53. The molecule has 4 heteroatoms. The van der Waals surface area contributed by atoms with Gasteiger partial charge in [0.2, 0.25) is 0 Å². The number of ether oxygens (including phenoxy) is 2. The lowest BCUT2D eigenvalue weighted by atomic mass is 9.82. The summed E-state index contributed by atoms with van der Waals surface area (Å²) < 4.78 is 10.2.